The van der Waals surface area contributed by atoms with Crippen molar-refractivity contribution in [1.82, 2.24) is 40.9 Å². The Morgan fingerprint density at radius 1 is 0.833 bits per heavy atom. The van der Waals surface area contributed by atoms with E-state index in [2.05, 4.69) is 40.9 Å². The van der Waals surface area contributed by atoms with Gasteiger partial charge in [0.05, 0.1) is 18.8 Å². The average molecular weight is 580 g/mol. The first-order chi connectivity index (χ1) is 20.1. The Kier molecular flexibility index (Phi) is 9.67. The van der Waals surface area contributed by atoms with Gasteiger partial charge in [-0.1, -0.05) is 18.2 Å². The van der Waals surface area contributed by atoms with Crippen LogP contribution in [0.25, 0.3) is 10.9 Å². The maximum atomic E-state index is 13.6. The Morgan fingerprint density at radius 3 is 1.95 bits per heavy atom. The minimum atomic E-state index is -1.31. The van der Waals surface area contributed by atoms with Gasteiger partial charge in [0, 0.05) is 60.1 Å². The van der Waals surface area contributed by atoms with Gasteiger partial charge in [-0.2, -0.15) is 0 Å². The number of aromatic nitrogens is 5. The highest BCUT2D eigenvalue weighted by Gasteiger charge is 2.32. The Morgan fingerprint density at radius 2 is 1.38 bits per heavy atom. The van der Waals surface area contributed by atoms with E-state index in [1.165, 1.54) is 32.0 Å². The maximum absolute atomic E-state index is 13.6. The molecule has 42 heavy (non-hydrogen) atoms. The molecule has 10 N–H and O–H groups in total. The SMILES string of the molecule is CC(O)C(N)C(=O)NC(Cc1cnc[nH]1)C(=O)NC(Cc1c[nH]c2ccccc12)C(=O)NC(Cc1cnc[nH]1)C(=O)O. The van der Waals surface area contributed by atoms with Crippen LogP contribution in [-0.4, -0.2) is 89.1 Å². The van der Waals surface area contributed by atoms with E-state index in [-0.39, 0.29) is 19.3 Å². The van der Waals surface area contributed by atoms with E-state index in [0.717, 1.165) is 10.9 Å². The lowest BCUT2D eigenvalue weighted by atomic mass is 10.0. The van der Waals surface area contributed by atoms with Gasteiger partial charge in [0.2, 0.25) is 17.7 Å². The first kappa shape index (κ1) is 30.0. The third-order valence-electron chi connectivity index (χ3n) is 6.76. The van der Waals surface area contributed by atoms with Crippen molar-refractivity contribution in [3.8, 4) is 0 Å². The third kappa shape index (κ3) is 7.58. The van der Waals surface area contributed by atoms with Crippen LogP contribution in [0.3, 0.4) is 0 Å². The fourth-order valence-electron chi connectivity index (χ4n) is 4.40. The summed E-state index contributed by atoms with van der Waals surface area (Å²) in [6, 6.07) is 2.35. The molecule has 5 unspecified atom stereocenters. The third-order valence-corrected chi connectivity index (χ3v) is 6.76. The molecule has 15 heteroatoms. The fourth-order valence-corrected chi connectivity index (χ4v) is 4.40. The highest BCUT2D eigenvalue weighted by Crippen LogP contribution is 2.19. The van der Waals surface area contributed by atoms with Crippen LogP contribution in [0.2, 0.25) is 0 Å². The van der Waals surface area contributed by atoms with Gasteiger partial charge in [-0.3, -0.25) is 14.4 Å². The number of imidazole rings is 2. The number of aliphatic hydroxyl groups excluding tert-OH is 1. The topological polar surface area (TPSA) is 244 Å². The van der Waals surface area contributed by atoms with Crippen molar-refractivity contribution >= 4 is 34.6 Å². The van der Waals surface area contributed by atoms with Crippen molar-refractivity contribution in [3.05, 3.63) is 72.5 Å². The number of hydrogen-bond acceptors (Lipinski definition) is 8. The summed E-state index contributed by atoms with van der Waals surface area (Å²) >= 11 is 0. The number of nitrogens with two attached hydrogens (primary N) is 1. The first-order valence-electron chi connectivity index (χ1n) is 13.2. The van der Waals surface area contributed by atoms with Gasteiger partial charge in [0.25, 0.3) is 0 Å². The number of aliphatic carboxylic acids is 1. The Bertz CT molecular complexity index is 1500. The summed E-state index contributed by atoms with van der Waals surface area (Å²) in [6.45, 7) is 1.35. The highest BCUT2D eigenvalue weighted by atomic mass is 16.4. The molecule has 0 saturated carbocycles. The molecule has 3 amide bonds. The highest BCUT2D eigenvalue weighted by molar-refractivity contribution is 5.95. The van der Waals surface area contributed by atoms with E-state index in [1.807, 2.05) is 24.3 Å². The zero-order valence-corrected chi connectivity index (χ0v) is 22.7. The molecule has 5 atom stereocenters. The van der Waals surface area contributed by atoms with Crippen molar-refractivity contribution in [2.75, 3.05) is 0 Å². The summed E-state index contributed by atoms with van der Waals surface area (Å²) in [4.78, 5) is 68.4. The number of benzene rings is 1. The van der Waals surface area contributed by atoms with Crippen LogP contribution >= 0.6 is 0 Å². The largest absolute Gasteiger partial charge is 0.480 e. The summed E-state index contributed by atoms with van der Waals surface area (Å²) in [7, 11) is 0. The van der Waals surface area contributed by atoms with Crippen molar-refractivity contribution in [2.45, 2.75) is 56.5 Å². The number of rotatable bonds is 14. The predicted octanol–water partition coefficient (Wildman–Crippen LogP) is -1.11. The average Bonchev–Trinajstić information content (AvgIpc) is 3.74. The number of carbonyl (C=O) groups is 4. The molecule has 0 radical (unpaired) electrons. The Hall–Kier alpha value is -5.02. The molecule has 0 saturated heterocycles. The summed E-state index contributed by atoms with van der Waals surface area (Å²) in [5.41, 5.74) is 8.31. The molecule has 1 aromatic carbocycles. The van der Waals surface area contributed by atoms with E-state index in [1.54, 1.807) is 6.20 Å². The van der Waals surface area contributed by atoms with Gasteiger partial charge < -0.3 is 46.8 Å². The molecule has 0 aliphatic rings. The van der Waals surface area contributed by atoms with Crippen molar-refractivity contribution in [1.29, 1.82) is 0 Å². The fraction of sp³-hybridized carbons (Fsp3) is 0.333. The number of nitrogens with one attached hydrogen (secondary N) is 6. The Labute approximate surface area is 239 Å². The van der Waals surface area contributed by atoms with Crippen LogP contribution in [0.4, 0.5) is 0 Å². The van der Waals surface area contributed by atoms with E-state index in [4.69, 9.17) is 5.73 Å². The molecule has 0 spiro atoms. The zero-order valence-electron chi connectivity index (χ0n) is 22.7. The molecule has 3 heterocycles. The molecule has 0 bridgehead atoms. The van der Waals surface area contributed by atoms with Crippen LogP contribution < -0.4 is 21.7 Å². The van der Waals surface area contributed by atoms with Crippen molar-refractivity contribution in [2.24, 2.45) is 5.73 Å². The standard InChI is InChI=1S/C27H33N9O6/c1-14(37)23(28)26(40)35-21(7-16-10-29-12-32-16)25(39)34-20(6-15-9-31-19-5-3-2-4-18(15)19)24(38)36-22(27(41)42)8-17-11-30-13-33-17/h2-5,9-14,20-23,31,37H,6-8,28H2,1H3,(H,29,32)(H,30,33)(H,34,39)(H,35,40)(H,36,38)(H,41,42). The molecular formula is C27H33N9O6. The molecule has 222 valence electrons. The summed E-state index contributed by atoms with van der Waals surface area (Å²) in [5.74, 6) is -3.51. The number of carboxylic acids is 1. The van der Waals surface area contributed by atoms with E-state index in [9.17, 15) is 29.4 Å². The number of carbonyl (C=O) groups excluding carboxylic acids is 3. The minimum Gasteiger partial charge on any atom is -0.480 e. The van der Waals surface area contributed by atoms with Gasteiger partial charge in [-0.15, -0.1) is 0 Å². The predicted molar refractivity (Wildman–Crippen MR) is 150 cm³/mol. The summed E-state index contributed by atoms with van der Waals surface area (Å²) < 4.78 is 0. The van der Waals surface area contributed by atoms with Crippen LogP contribution in [-0.2, 0) is 38.4 Å². The second-order valence-electron chi connectivity index (χ2n) is 9.91. The molecule has 0 fully saturated rings. The van der Waals surface area contributed by atoms with E-state index >= 15 is 0 Å². The summed E-state index contributed by atoms with van der Waals surface area (Å²) in [6.07, 6.45) is 6.19. The quantitative estimate of drug-likeness (QED) is 0.0878. The first-order valence-corrected chi connectivity index (χ1v) is 13.2. The monoisotopic (exact) mass is 579 g/mol. The number of carboxylic acid groups (broad SMARTS) is 1. The van der Waals surface area contributed by atoms with Crippen LogP contribution in [0.1, 0.15) is 23.9 Å². The number of amides is 3. The Balaban J connectivity index is 1.59. The van der Waals surface area contributed by atoms with Crippen LogP contribution in [0, 0.1) is 0 Å². The normalized spacial score (nSPS) is 14.8. The second kappa shape index (κ2) is 13.6. The van der Waals surface area contributed by atoms with Gasteiger partial charge in [0.15, 0.2) is 0 Å². The lowest BCUT2D eigenvalue weighted by Crippen LogP contribution is -2.59. The van der Waals surface area contributed by atoms with Crippen LogP contribution in [0.15, 0.2) is 55.5 Å². The van der Waals surface area contributed by atoms with E-state index in [0.29, 0.717) is 17.0 Å². The lowest BCUT2D eigenvalue weighted by Gasteiger charge is -2.25. The summed E-state index contributed by atoms with van der Waals surface area (Å²) in [5, 5.41) is 28.1. The van der Waals surface area contributed by atoms with Crippen LogP contribution in [0.5, 0.6) is 0 Å². The van der Waals surface area contributed by atoms with Gasteiger partial charge in [0.1, 0.15) is 24.2 Å². The number of para-hydroxylation sites is 1. The number of fused-ring (bicyclic) bond motifs is 1. The zero-order chi connectivity index (χ0) is 30.2. The van der Waals surface area contributed by atoms with Crippen molar-refractivity contribution < 1.29 is 29.4 Å². The van der Waals surface area contributed by atoms with E-state index < -0.39 is 54.0 Å². The number of hydrogen-bond donors (Lipinski definition) is 9. The van der Waals surface area contributed by atoms with Gasteiger partial charge >= 0.3 is 5.97 Å². The van der Waals surface area contributed by atoms with Gasteiger partial charge in [-0.25, -0.2) is 14.8 Å². The van der Waals surface area contributed by atoms with Gasteiger partial charge in [-0.05, 0) is 18.6 Å². The number of nitrogens with zero attached hydrogens (tertiary/aromatic N) is 2. The number of aromatic amines is 3. The smallest absolute Gasteiger partial charge is 0.326 e. The van der Waals surface area contributed by atoms with Crippen molar-refractivity contribution in [3.63, 3.8) is 0 Å². The number of H-pyrrole nitrogens is 3. The molecular weight excluding hydrogens is 546 g/mol. The maximum Gasteiger partial charge on any atom is 0.326 e. The molecule has 0 aliphatic heterocycles. The second-order valence-corrected chi connectivity index (χ2v) is 9.91. The molecule has 4 aromatic rings. The molecule has 15 nitrogen and oxygen atoms in total. The lowest BCUT2D eigenvalue weighted by molar-refractivity contribution is -0.142. The molecule has 4 rings (SSSR count). The minimum absolute atomic E-state index is 0.00982. The molecule has 0 aliphatic carbocycles. The number of aliphatic hydroxyl groups is 1. The molecule has 3 aromatic heterocycles.